The summed E-state index contributed by atoms with van der Waals surface area (Å²) in [5.41, 5.74) is 10.1. The van der Waals surface area contributed by atoms with E-state index in [9.17, 15) is 4.79 Å². The predicted octanol–water partition coefficient (Wildman–Crippen LogP) is 2.08. The van der Waals surface area contributed by atoms with Gasteiger partial charge in [-0.2, -0.15) is 5.10 Å². The third-order valence-corrected chi connectivity index (χ3v) is 3.75. The first-order chi connectivity index (χ1) is 12.0. The number of pyridine rings is 1. The molecule has 2 rings (SSSR count). The van der Waals surface area contributed by atoms with Crippen LogP contribution in [0.5, 0.6) is 0 Å². The topological polar surface area (TPSA) is 124 Å². The van der Waals surface area contributed by atoms with Crippen LogP contribution in [0.2, 0.25) is 0 Å². The van der Waals surface area contributed by atoms with Crippen molar-refractivity contribution in [2.45, 2.75) is 6.92 Å². The van der Waals surface area contributed by atoms with Gasteiger partial charge in [0.15, 0.2) is 11.6 Å². The maximum Gasteiger partial charge on any atom is 0.173 e. The number of nitrogens with two attached hydrogens (primary N) is 3. The minimum atomic E-state index is 0.00587. The molecule has 0 aliphatic carbocycles. The zero-order chi connectivity index (χ0) is 18.4. The lowest BCUT2D eigenvalue weighted by atomic mass is 10.0. The molecule has 0 spiro atoms. The molecule has 0 bridgehead atoms. The first-order valence-electron chi connectivity index (χ1n) is 7.40. The summed E-state index contributed by atoms with van der Waals surface area (Å²) in [5, 5.41) is 5.03. The van der Waals surface area contributed by atoms with Crippen LogP contribution in [0.3, 0.4) is 0 Å². The number of halogens is 1. The first kappa shape index (κ1) is 18.4. The fraction of sp³-hybridized carbons (Fsp3) is 0.118. The number of rotatable bonds is 5. The number of ketones is 1. The molecule has 7 nitrogen and oxygen atoms in total. The molecule has 130 valence electrons. The Kier molecular flexibility index (Phi) is 6.10. The minimum Gasteiger partial charge on any atom is -0.383 e. The lowest BCUT2D eigenvalue weighted by Crippen LogP contribution is -2.39. The summed E-state index contributed by atoms with van der Waals surface area (Å²) < 4.78 is 0. The molecular weight excluding hydrogens is 340 g/mol. The Morgan fingerprint density at radius 3 is 2.56 bits per heavy atom. The molecule has 2 aromatic rings. The predicted molar refractivity (Wildman–Crippen MR) is 101 cm³/mol. The number of hydrazine groups is 1. The highest BCUT2D eigenvalue weighted by atomic mass is 35.5. The number of hydrogen-bond donors (Lipinski definition) is 3. The Balaban J connectivity index is 2.41. The highest BCUT2D eigenvalue weighted by Gasteiger charge is 2.15. The Morgan fingerprint density at radius 1 is 1.32 bits per heavy atom. The molecule has 0 saturated carbocycles. The van der Waals surface area contributed by atoms with Crippen molar-refractivity contribution in [2.75, 3.05) is 12.3 Å². The van der Waals surface area contributed by atoms with Gasteiger partial charge >= 0.3 is 0 Å². The van der Waals surface area contributed by atoms with Crippen LogP contribution in [0.15, 0.2) is 53.2 Å². The molecule has 0 unspecified atom stereocenters. The molecule has 1 aromatic heterocycles. The van der Waals surface area contributed by atoms with Crippen molar-refractivity contribution < 1.29 is 4.79 Å². The van der Waals surface area contributed by atoms with Gasteiger partial charge in [0.1, 0.15) is 5.82 Å². The van der Waals surface area contributed by atoms with E-state index in [1.54, 1.807) is 30.5 Å². The third-order valence-electron chi connectivity index (χ3n) is 3.57. The van der Waals surface area contributed by atoms with Crippen LogP contribution in [0, 0.1) is 0 Å². The second-order valence-corrected chi connectivity index (χ2v) is 5.51. The molecule has 25 heavy (non-hydrogen) atoms. The van der Waals surface area contributed by atoms with E-state index in [1.165, 1.54) is 17.5 Å². The zero-order valence-corrected chi connectivity index (χ0v) is 14.4. The van der Waals surface area contributed by atoms with E-state index in [4.69, 9.17) is 29.0 Å². The van der Waals surface area contributed by atoms with Gasteiger partial charge in [-0.15, -0.1) is 0 Å². The Labute approximate surface area is 150 Å². The third kappa shape index (κ3) is 4.34. The van der Waals surface area contributed by atoms with Gasteiger partial charge in [-0.3, -0.25) is 9.80 Å². The zero-order valence-electron chi connectivity index (χ0n) is 13.7. The molecule has 0 fully saturated rings. The van der Waals surface area contributed by atoms with E-state index >= 15 is 0 Å². The number of carbonyl (C=O) groups excluding carboxylic acids is 1. The standard InChI is InChI=1S/C17H19ClN6O/c1-11(25)12-3-5-13(6-4-12)14-9-15(16(19)22-10-14)17(23-20)24(21)8-2-7-18/h2-7,9-10H,8,20-21H2,1H3,(H2,19,22)/b7-2+,23-17-. The number of Topliss-reactive ketones (excluding diaryl/α,β-unsaturated/α-hetero) is 1. The average molecular weight is 359 g/mol. The fourth-order valence-corrected chi connectivity index (χ4v) is 2.33. The van der Waals surface area contributed by atoms with Gasteiger partial charge in [-0.05, 0) is 18.6 Å². The number of anilines is 1. The summed E-state index contributed by atoms with van der Waals surface area (Å²) in [6.07, 6.45) is 3.27. The molecule has 1 aromatic carbocycles. The molecule has 0 aliphatic rings. The summed E-state index contributed by atoms with van der Waals surface area (Å²) >= 11 is 5.52. The molecule has 8 heteroatoms. The Morgan fingerprint density at radius 2 is 2.00 bits per heavy atom. The van der Waals surface area contributed by atoms with Crippen molar-refractivity contribution in [3.05, 3.63) is 59.3 Å². The van der Waals surface area contributed by atoms with E-state index in [0.29, 0.717) is 17.7 Å². The number of aromatic nitrogens is 1. The van der Waals surface area contributed by atoms with Crippen LogP contribution in [0.1, 0.15) is 22.8 Å². The Hall–Kier alpha value is -2.90. The molecular formula is C17H19ClN6O. The normalized spacial score (nSPS) is 11.7. The minimum absolute atomic E-state index is 0.00587. The van der Waals surface area contributed by atoms with Crippen LogP contribution in [0.4, 0.5) is 5.82 Å². The van der Waals surface area contributed by atoms with Gasteiger partial charge in [0.05, 0.1) is 12.1 Å². The maximum atomic E-state index is 11.4. The summed E-state index contributed by atoms with van der Waals surface area (Å²) in [5.74, 6) is 12.0. The molecule has 1 heterocycles. The molecule has 0 saturated heterocycles. The first-order valence-corrected chi connectivity index (χ1v) is 7.84. The second kappa shape index (κ2) is 8.27. The van der Waals surface area contributed by atoms with Crippen LogP contribution in [-0.2, 0) is 0 Å². The molecule has 0 aliphatic heterocycles. The lowest BCUT2D eigenvalue weighted by Gasteiger charge is -2.19. The van der Waals surface area contributed by atoms with Crippen molar-refractivity contribution in [1.29, 1.82) is 0 Å². The van der Waals surface area contributed by atoms with Crippen molar-refractivity contribution in [3.63, 3.8) is 0 Å². The summed E-state index contributed by atoms with van der Waals surface area (Å²) in [6, 6.07) is 8.98. The van der Waals surface area contributed by atoms with Crippen LogP contribution in [0.25, 0.3) is 11.1 Å². The molecule has 0 amide bonds. The number of benzene rings is 1. The van der Waals surface area contributed by atoms with E-state index in [-0.39, 0.29) is 17.4 Å². The Bertz CT molecular complexity index is 816. The number of amidine groups is 1. The average Bonchev–Trinajstić information content (AvgIpc) is 2.62. The summed E-state index contributed by atoms with van der Waals surface area (Å²) in [7, 11) is 0. The van der Waals surface area contributed by atoms with E-state index in [1.807, 2.05) is 12.1 Å². The van der Waals surface area contributed by atoms with Crippen molar-refractivity contribution in [2.24, 2.45) is 16.8 Å². The summed E-state index contributed by atoms with van der Waals surface area (Å²) in [4.78, 5) is 15.6. The highest BCUT2D eigenvalue weighted by Crippen LogP contribution is 2.23. The van der Waals surface area contributed by atoms with Gasteiger partial charge in [0.25, 0.3) is 0 Å². The van der Waals surface area contributed by atoms with Crippen molar-refractivity contribution in [1.82, 2.24) is 9.99 Å². The van der Waals surface area contributed by atoms with Crippen LogP contribution < -0.4 is 17.4 Å². The monoisotopic (exact) mass is 358 g/mol. The quantitative estimate of drug-likeness (QED) is 0.247. The number of nitrogens with zero attached hydrogens (tertiary/aromatic N) is 3. The van der Waals surface area contributed by atoms with Crippen LogP contribution in [-0.4, -0.2) is 28.2 Å². The van der Waals surface area contributed by atoms with Gasteiger partial charge in [-0.25, -0.2) is 10.8 Å². The van der Waals surface area contributed by atoms with Gasteiger partial charge in [0, 0.05) is 22.9 Å². The van der Waals surface area contributed by atoms with Gasteiger partial charge in [-0.1, -0.05) is 41.9 Å². The highest BCUT2D eigenvalue weighted by molar-refractivity contribution is 6.25. The summed E-state index contributed by atoms with van der Waals surface area (Å²) in [6.45, 7) is 1.82. The SMILES string of the molecule is CC(=O)c1ccc(-c2cnc(N)c(/C(=N/N)N(N)C/C=C/Cl)c2)cc1. The van der Waals surface area contributed by atoms with E-state index < -0.39 is 0 Å². The maximum absolute atomic E-state index is 11.4. The van der Waals surface area contributed by atoms with Crippen LogP contribution >= 0.6 is 11.6 Å². The number of carbonyl (C=O) groups is 1. The molecule has 0 radical (unpaired) electrons. The number of hydrazone groups is 1. The second-order valence-electron chi connectivity index (χ2n) is 5.26. The smallest absolute Gasteiger partial charge is 0.173 e. The van der Waals surface area contributed by atoms with Gasteiger partial charge < -0.3 is 11.6 Å². The molecule has 6 N–H and O–H groups in total. The lowest BCUT2D eigenvalue weighted by molar-refractivity contribution is 0.101. The fourth-order valence-electron chi connectivity index (χ4n) is 2.25. The number of hydrogen-bond acceptors (Lipinski definition) is 6. The van der Waals surface area contributed by atoms with Gasteiger partial charge in [0.2, 0.25) is 0 Å². The van der Waals surface area contributed by atoms with E-state index in [2.05, 4.69) is 10.1 Å². The number of nitrogen functional groups attached to an aromatic ring is 1. The van der Waals surface area contributed by atoms with Crippen molar-refractivity contribution in [3.8, 4) is 11.1 Å². The van der Waals surface area contributed by atoms with Crippen molar-refractivity contribution >= 4 is 29.0 Å². The largest absolute Gasteiger partial charge is 0.383 e. The van der Waals surface area contributed by atoms with E-state index in [0.717, 1.165) is 11.1 Å². The molecule has 0 atom stereocenters.